The average Bonchev–Trinajstić information content (AvgIpc) is 2.97. The van der Waals surface area contributed by atoms with Crippen molar-refractivity contribution in [2.45, 2.75) is 131 Å². The van der Waals surface area contributed by atoms with E-state index in [4.69, 9.17) is 18.3 Å². The lowest BCUT2D eigenvalue weighted by molar-refractivity contribution is -0.285. The summed E-state index contributed by atoms with van der Waals surface area (Å²) >= 11 is 2.18. The highest BCUT2D eigenvalue weighted by Gasteiger charge is 2.78. The van der Waals surface area contributed by atoms with Crippen LogP contribution in [0, 0.1) is 17.3 Å². The molecule has 4 bridgehead atoms. The van der Waals surface area contributed by atoms with Gasteiger partial charge in [-0.2, -0.15) is 0 Å². The Morgan fingerprint density at radius 2 is 1.66 bits per heavy atom. The molecule has 1 aromatic rings. The van der Waals surface area contributed by atoms with E-state index in [1.807, 2.05) is 13.8 Å². The van der Waals surface area contributed by atoms with Crippen molar-refractivity contribution in [1.29, 1.82) is 0 Å². The van der Waals surface area contributed by atoms with Crippen LogP contribution in [0.1, 0.15) is 63.7 Å². The van der Waals surface area contributed by atoms with Crippen LogP contribution in [0.25, 0.3) is 0 Å². The van der Waals surface area contributed by atoms with Gasteiger partial charge in [-0.25, -0.2) is 4.79 Å². The molecule has 4 fully saturated rings. The second-order valence-electron chi connectivity index (χ2n) is 16.2. The number of ether oxygens (including phenoxy) is 2. The fourth-order valence-corrected chi connectivity index (χ4v) is 17.8. The normalized spacial score (nSPS) is 43.8. The Labute approximate surface area is 293 Å². The summed E-state index contributed by atoms with van der Waals surface area (Å²) in [5, 5.41) is 25.0. The van der Waals surface area contributed by atoms with Gasteiger partial charge in [-0.05, 0) is 102 Å². The Hall–Kier alpha value is -1.43. The van der Waals surface area contributed by atoms with Crippen LogP contribution in [-0.2, 0) is 27.9 Å². The Kier molecular flexibility index (Phi) is 8.71. The predicted octanol–water partition coefficient (Wildman–Crippen LogP) is 5.73. The smallest absolute Gasteiger partial charge is 0.338 e. The summed E-state index contributed by atoms with van der Waals surface area (Å²) in [6.07, 6.45) is -2.60. The van der Waals surface area contributed by atoms with Crippen LogP contribution in [0.5, 0.6) is 0 Å². The molecule has 1 aliphatic heterocycles. The van der Waals surface area contributed by atoms with Crippen molar-refractivity contribution in [3.05, 3.63) is 47.0 Å². The highest BCUT2D eigenvalue weighted by Crippen LogP contribution is 2.68. The molecule has 1 aromatic carbocycles. The van der Waals surface area contributed by atoms with E-state index in [-0.39, 0.29) is 23.7 Å². The van der Waals surface area contributed by atoms with Gasteiger partial charge in [-0.1, -0.05) is 40.8 Å². The van der Waals surface area contributed by atoms with Gasteiger partial charge in [0.1, 0.15) is 23.4 Å². The molecular formula is C35H49IO9Si2. The van der Waals surface area contributed by atoms with E-state index >= 15 is 4.79 Å². The van der Waals surface area contributed by atoms with Gasteiger partial charge < -0.3 is 28.5 Å². The number of rotatable bonds is 3. The van der Waals surface area contributed by atoms with Gasteiger partial charge in [-0.3, -0.25) is 9.59 Å². The van der Waals surface area contributed by atoms with Crippen LogP contribution in [0.2, 0.25) is 38.3 Å². The quantitative estimate of drug-likeness (QED) is 0.130. The van der Waals surface area contributed by atoms with Gasteiger partial charge in [-0.15, -0.1) is 0 Å². The second-order valence-corrected chi connectivity index (χ2v) is 26.9. The largest absolute Gasteiger partial charge is 0.458 e. The first-order valence-electron chi connectivity index (χ1n) is 16.9. The van der Waals surface area contributed by atoms with E-state index in [1.165, 1.54) is 6.92 Å². The van der Waals surface area contributed by atoms with Gasteiger partial charge in [0.15, 0.2) is 22.4 Å². The molecule has 258 valence electrons. The van der Waals surface area contributed by atoms with E-state index < -0.39 is 78.9 Å². The predicted molar refractivity (Wildman–Crippen MR) is 189 cm³/mol. The van der Waals surface area contributed by atoms with Gasteiger partial charge in [0.05, 0.1) is 32.5 Å². The molecule has 1 heterocycles. The number of aliphatic hydroxyl groups is 2. The Morgan fingerprint density at radius 3 is 2.23 bits per heavy atom. The van der Waals surface area contributed by atoms with Gasteiger partial charge >= 0.3 is 11.9 Å². The summed E-state index contributed by atoms with van der Waals surface area (Å²) in [5.41, 5.74) is -3.08. The van der Waals surface area contributed by atoms with Crippen molar-refractivity contribution < 1.29 is 42.9 Å². The first-order chi connectivity index (χ1) is 21.7. The molecule has 0 amide bonds. The Morgan fingerprint density at radius 1 is 1.04 bits per heavy atom. The number of halogens is 1. The van der Waals surface area contributed by atoms with Crippen LogP contribution in [0.15, 0.2) is 41.5 Å². The molecule has 0 unspecified atom stereocenters. The summed E-state index contributed by atoms with van der Waals surface area (Å²) in [6, 6.07) is 10.2. The molecule has 3 saturated carbocycles. The molecule has 4 aliphatic carbocycles. The molecule has 1 saturated heterocycles. The van der Waals surface area contributed by atoms with Crippen LogP contribution in [0.3, 0.4) is 0 Å². The van der Waals surface area contributed by atoms with E-state index in [1.54, 1.807) is 37.3 Å². The van der Waals surface area contributed by atoms with Gasteiger partial charge in [0.2, 0.25) is 0 Å². The number of alkyl halides is 1. The average molecular weight is 797 g/mol. The monoisotopic (exact) mass is 796 g/mol. The number of carbonyl (C=O) groups is 3. The summed E-state index contributed by atoms with van der Waals surface area (Å²) in [5.74, 6) is -2.55. The number of ketones is 1. The van der Waals surface area contributed by atoms with Crippen molar-refractivity contribution in [2.24, 2.45) is 17.3 Å². The zero-order valence-corrected chi connectivity index (χ0v) is 32.9. The van der Waals surface area contributed by atoms with E-state index in [0.717, 1.165) is 18.5 Å². The maximum absolute atomic E-state index is 15.8. The fourth-order valence-electron chi connectivity index (χ4n) is 9.50. The number of carbonyl (C=O) groups excluding carboxylic acids is 3. The van der Waals surface area contributed by atoms with Crippen molar-refractivity contribution in [2.75, 3.05) is 0 Å². The standard InChI is InChI=1S/C35H49IO9Si2/c1-20-24(38)19-35(41)30(42-31(40)22-12-10-9-11-13-22)28-32(3)25(18-23-14-15-34(23,28)43-21(2)37)44-46(5,6)16-17-47(7,8)45-27(29(32)39)26(20)33(35,4)36/h9-13,23-25,27-28,30,38,41H,14-19H2,1-8H3/t23-,24+,25+,27-,28+,30+,32-,33+,34+,35-/m1/s1. The van der Waals surface area contributed by atoms with Crippen molar-refractivity contribution in [1.82, 2.24) is 0 Å². The van der Waals surface area contributed by atoms with Crippen LogP contribution >= 0.6 is 22.6 Å². The van der Waals surface area contributed by atoms with E-state index in [0.29, 0.717) is 24.0 Å². The summed E-state index contributed by atoms with van der Waals surface area (Å²) in [4.78, 5) is 42.8. The van der Waals surface area contributed by atoms with Crippen LogP contribution < -0.4 is 0 Å². The lowest BCUT2D eigenvalue weighted by Crippen LogP contribution is -2.80. The third kappa shape index (κ3) is 5.38. The molecule has 0 radical (unpaired) electrons. The molecule has 47 heavy (non-hydrogen) atoms. The van der Waals surface area contributed by atoms with Crippen molar-refractivity contribution >= 4 is 56.9 Å². The molecular weight excluding hydrogens is 747 g/mol. The zero-order chi connectivity index (χ0) is 34.5. The maximum Gasteiger partial charge on any atom is 0.338 e. The topological polar surface area (TPSA) is 129 Å². The minimum absolute atomic E-state index is 0.143. The number of aliphatic hydroxyl groups excluding tert-OH is 1. The summed E-state index contributed by atoms with van der Waals surface area (Å²) in [6.45, 7) is 15.5. The lowest BCUT2D eigenvalue weighted by atomic mass is 9.42. The third-order valence-electron chi connectivity index (χ3n) is 12.3. The SMILES string of the molecule is CC(=O)O[C@@]12CC[C@@H]1C[C@@H]1O[Si](C)(C)CC[Si](C)(C)O[C@H]3C(=O)[C@@]1(C)[C@@H]2[C@H](OC(=O)c1ccccc1)[C@]1(O)C[C@H](O)C(C)=C3[C@]1(C)I. The van der Waals surface area contributed by atoms with Crippen LogP contribution in [-0.4, -0.2) is 83.6 Å². The maximum atomic E-state index is 15.8. The number of fused-ring (bicyclic) bond motifs is 6. The number of esters is 2. The Balaban J connectivity index is 1.69. The van der Waals surface area contributed by atoms with E-state index in [9.17, 15) is 19.8 Å². The third-order valence-corrected chi connectivity index (χ3v) is 19.0. The molecule has 2 N–H and O–H groups in total. The van der Waals surface area contributed by atoms with E-state index in [2.05, 4.69) is 48.8 Å². The molecule has 0 spiro atoms. The Bertz CT molecular complexity index is 1510. The fraction of sp³-hybridized carbons (Fsp3) is 0.686. The molecule has 9 nitrogen and oxygen atoms in total. The molecule has 0 aromatic heterocycles. The summed E-state index contributed by atoms with van der Waals surface area (Å²) < 4.78 is 25.9. The first-order valence-corrected chi connectivity index (χ1v) is 24.2. The first kappa shape index (κ1) is 35.4. The van der Waals surface area contributed by atoms with Gasteiger partial charge in [0, 0.05) is 19.3 Å². The number of hydrogen-bond acceptors (Lipinski definition) is 9. The zero-order valence-electron chi connectivity index (χ0n) is 28.7. The molecule has 6 rings (SSSR count). The van der Waals surface area contributed by atoms with Gasteiger partial charge in [0.25, 0.3) is 0 Å². The number of hydrogen-bond donors (Lipinski definition) is 2. The highest BCUT2D eigenvalue weighted by molar-refractivity contribution is 14.1. The molecule has 12 heteroatoms. The second kappa shape index (κ2) is 11.6. The van der Waals surface area contributed by atoms with Crippen LogP contribution in [0.4, 0.5) is 0 Å². The minimum atomic E-state index is -2.53. The molecule has 5 aliphatic rings. The van der Waals surface area contributed by atoms with Crippen molar-refractivity contribution in [3.63, 3.8) is 0 Å². The lowest BCUT2D eigenvalue weighted by Gasteiger charge is -2.69. The number of benzene rings is 1. The minimum Gasteiger partial charge on any atom is -0.458 e. The van der Waals surface area contributed by atoms with Crippen molar-refractivity contribution in [3.8, 4) is 0 Å². The highest BCUT2D eigenvalue weighted by atomic mass is 127. The summed E-state index contributed by atoms with van der Waals surface area (Å²) in [7, 11) is -4.90. The molecule has 10 atom stereocenters. The number of Topliss-reactive ketones (excluding diaryl/α,β-unsaturated/α-hetero) is 1.